The van der Waals surface area contributed by atoms with E-state index in [9.17, 15) is 9.59 Å². The average Bonchev–Trinajstić information content (AvgIpc) is 3.01. The summed E-state index contributed by atoms with van der Waals surface area (Å²) in [5, 5.41) is 3.49. The number of para-hydroxylation sites is 1. The molecule has 1 heterocycles. The Bertz CT molecular complexity index is 1230. The zero-order valence-corrected chi connectivity index (χ0v) is 17.2. The van der Waals surface area contributed by atoms with Crippen LogP contribution in [0.2, 0.25) is 0 Å². The van der Waals surface area contributed by atoms with Crippen LogP contribution in [-0.2, 0) is 0 Å². The number of hydrogen-bond donors (Lipinski definition) is 2. The third-order valence-corrected chi connectivity index (χ3v) is 5.27. The Balaban J connectivity index is 1.80. The van der Waals surface area contributed by atoms with Crippen LogP contribution in [0.15, 0.2) is 77.3 Å². The Morgan fingerprint density at radius 2 is 1.59 bits per heavy atom. The first-order chi connectivity index (χ1) is 14.0. The van der Waals surface area contributed by atoms with E-state index in [0.29, 0.717) is 22.2 Å². The fourth-order valence-corrected chi connectivity index (χ4v) is 3.53. The maximum absolute atomic E-state index is 13.2. The van der Waals surface area contributed by atoms with Crippen molar-refractivity contribution in [3.05, 3.63) is 94.0 Å². The third kappa shape index (κ3) is 3.54. The SMILES string of the molecule is Cc1ccc(NC(=O)c2c(N)n(C(=O)c3ccc(Br)cc3)c3ccccc23)cc1. The van der Waals surface area contributed by atoms with Crippen LogP contribution >= 0.6 is 15.9 Å². The molecular formula is C23H18BrN3O2. The summed E-state index contributed by atoms with van der Waals surface area (Å²) in [6.45, 7) is 1.98. The number of aromatic nitrogens is 1. The molecule has 0 saturated heterocycles. The summed E-state index contributed by atoms with van der Waals surface area (Å²) in [7, 11) is 0. The maximum atomic E-state index is 13.2. The summed E-state index contributed by atoms with van der Waals surface area (Å²) in [6, 6.07) is 21.7. The molecule has 0 radical (unpaired) electrons. The second-order valence-corrected chi connectivity index (χ2v) is 7.66. The molecule has 1 aromatic heterocycles. The zero-order chi connectivity index (χ0) is 20.5. The van der Waals surface area contributed by atoms with Crippen molar-refractivity contribution in [2.75, 3.05) is 11.1 Å². The molecule has 0 saturated carbocycles. The average molecular weight is 448 g/mol. The van der Waals surface area contributed by atoms with Crippen molar-refractivity contribution in [3.8, 4) is 0 Å². The fraction of sp³-hybridized carbons (Fsp3) is 0.0435. The first-order valence-electron chi connectivity index (χ1n) is 9.03. The molecule has 0 aliphatic carbocycles. The monoisotopic (exact) mass is 447 g/mol. The molecule has 0 bridgehead atoms. The quantitative estimate of drug-likeness (QED) is 0.450. The zero-order valence-electron chi connectivity index (χ0n) is 15.6. The number of anilines is 2. The molecule has 144 valence electrons. The summed E-state index contributed by atoms with van der Waals surface area (Å²) in [6.07, 6.45) is 0. The number of hydrogen-bond acceptors (Lipinski definition) is 3. The van der Waals surface area contributed by atoms with Gasteiger partial charge >= 0.3 is 0 Å². The van der Waals surface area contributed by atoms with Gasteiger partial charge in [-0.2, -0.15) is 0 Å². The van der Waals surface area contributed by atoms with Gasteiger partial charge in [-0.05, 0) is 49.4 Å². The molecule has 0 spiro atoms. The van der Waals surface area contributed by atoms with Gasteiger partial charge < -0.3 is 11.1 Å². The lowest BCUT2D eigenvalue weighted by Crippen LogP contribution is -2.17. The van der Waals surface area contributed by atoms with Crippen molar-refractivity contribution in [1.82, 2.24) is 4.57 Å². The lowest BCUT2D eigenvalue weighted by Gasteiger charge is -2.08. The molecule has 0 aliphatic rings. The van der Waals surface area contributed by atoms with E-state index in [1.54, 1.807) is 36.4 Å². The standard InChI is InChI=1S/C23H18BrN3O2/c1-14-6-12-17(13-7-14)26-22(28)20-18-4-2-3-5-19(18)27(21(20)25)23(29)15-8-10-16(24)11-9-15/h2-13H,25H2,1H3,(H,26,28). The molecule has 5 nitrogen and oxygen atoms in total. The van der Waals surface area contributed by atoms with Gasteiger partial charge in [0.1, 0.15) is 5.82 Å². The molecule has 29 heavy (non-hydrogen) atoms. The molecule has 4 aromatic rings. The number of carbonyl (C=O) groups excluding carboxylic acids is 2. The van der Waals surface area contributed by atoms with Gasteiger partial charge in [-0.25, -0.2) is 0 Å². The predicted molar refractivity (Wildman–Crippen MR) is 119 cm³/mol. The van der Waals surface area contributed by atoms with Crippen molar-refractivity contribution < 1.29 is 9.59 Å². The second-order valence-electron chi connectivity index (χ2n) is 6.74. The molecule has 0 fully saturated rings. The van der Waals surface area contributed by atoms with E-state index in [1.807, 2.05) is 43.3 Å². The maximum Gasteiger partial charge on any atom is 0.263 e. The Labute approximate surface area is 176 Å². The van der Waals surface area contributed by atoms with E-state index in [4.69, 9.17) is 5.73 Å². The number of benzene rings is 3. The van der Waals surface area contributed by atoms with Crippen LogP contribution in [-0.4, -0.2) is 16.4 Å². The number of nitrogens with zero attached hydrogens (tertiary/aromatic N) is 1. The molecule has 4 rings (SSSR count). The van der Waals surface area contributed by atoms with E-state index in [1.165, 1.54) is 4.57 Å². The molecule has 6 heteroatoms. The van der Waals surface area contributed by atoms with Crippen LogP contribution in [0.4, 0.5) is 11.5 Å². The molecular weight excluding hydrogens is 430 g/mol. The molecule has 0 atom stereocenters. The van der Waals surface area contributed by atoms with Gasteiger partial charge in [0.25, 0.3) is 11.8 Å². The minimum absolute atomic E-state index is 0.115. The summed E-state index contributed by atoms with van der Waals surface area (Å²) in [5.74, 6) is -0.533. The number of halogens is 1. The lowest BCUT2D eigenvalue weighted by atomic mass is 10.1. The third-order valence-electron chi connectivity index (χ3n) is 4.74. The molecule has 1 amide bonds. The van der Waals surface area contributed by atoms with Gasteiger partial charge in [-0.1, -0.05) is 51.8 Å². The topological polar surface area (TPSA) is 77.1 Å². The highest BCUT2D eigenvalue weighted by molar-refractivity contribution is 9.10. The van der Waals surface area contributed by atoms with Crippen LogP contribution in [0.3, 0.4) is 0 Å². The van der Waals surface area contributed by atoms with Crippen LogP contribution in [0, 0.1) is 6.92 Å². The van der Waals surface area contributed by atoms with E-state index in [-0.39, 0.29) is 23.2 Å². The van der Waals surface area contributed by atoms with Crippen LogP contribution in [0.5, 0.6) is 0 Å². The smallest absolute Gasteiger partial charge is 0.263 e. The first-order valence-corrected chi connectivity index (χ1v) is 9.82. The van der Waals surface area contributed by atoms with E-state index in [0.717, 1.165) is 10.0 Å². The van der Waals surface area contributed by atoms with Crippen molar-refractivity contribution in [1.29, 1.82) is 0 Å². The highest BCUT2D eigenvalue weighted by Gasteiger charge is 2.24. The lowest BCUT2D eigenvalue weighted by molar-refractivity contribution is 0.0967. The predicted octanol–water partition coefficient (Wildman–Crippen LogP) is 5.24. The number of nitrogens with two attached hydrogens (primary N) is 1. The van der Waals surface area contributed by atoms with Gasteiger partial charge in [-0.3, -0.25) is 14.2 Å². The van der Waals surface area contributed by atoms with Crippen LogP contribution < -0.4 is 11.1 Å². The summed E-state index contributed by atoms with van der Waals surface area (Å²) >= 11 is 3.37. The first kappa shape index (κ1) is 19.0. The van der Waals surface area contributed by atoms with Crippen molar-refractivity contribution >= 4 is 50.2 Å². The van der Waals surface area contributed by atoms with Gasteiger partial charge in [0, 0.05) is 21.1 Å². The number of nitrogens with one attached hydrogen (secondary N) is 1. The Morgan fingerprint density at radius 1 is 0.931 bits per heavy atom. The number of nitrogen functional groups attached to an aromatic ring is 1. The number of carbonyl (C=O) groups is 2. The summed E-state index contributed by atoms with van der Waals surface area (Å²) in [5.41, 5.74) is 9.45. The van der Waals surface area contributed by atoms with Gasteiger partial charge in [-0.15, -0.1) is 0 Å². The van der Waals surface area contributed by atoms with Crippen LogP contribution in [0.25, 0.3) is 10.9 Å². The summed E-state index contributed by atoms with van der Waals surface area (Å²) in [4.78, 5) is 26.2. The number of rotatable bonds is 3. The van der Waals surface area contributed by atoms with Gasteiger partial charge in [0.15, 0.2) is 0 Å². The van der Waals surface area contributed by atoms with Crippen molar-refractivity contribution in [3.63, 3.8) is 0 Å². The number of amides is 1. The van der Waals surface area contributed by atoms with E-state index >= 15 is 0 Å². The van der Waals surface area contributed by atoms with E-state index in [2.05, 4.69) is 21.2 Å². The Hall–Kier alpha value is -3.38. The molecule has 3 N–H and O–H groups in total. The van der Waals surface area contributed by atoms with Gasteiger partial charge in [0.2, 0.25) is 0 Å². The normalized spacial score (nSPS) is 10.8. The number of fused-ring (bicyclic) bond motifs is 1. The minimum atomic E-state index is -0.357. The number of aryl methyl sites for hydroxylation is 1. The Morgan fingerprint density at radius 3 is 2.28 bits per heavy atom. The molecule has 0 aliphatic heterocycles. The Kier molecular flexibility index (Phi) is 4.94. The largest absolute Gasteiger partial charge is 0.384 e. The highest BCUT2D eigenvalue weighted by Crippen LogP contribution is 2.30. The highest BCUT2D eigenvalue weighted by atomic mass is 79.9. The van der Waals surface area contributed by atoms with Crippen LogP contribution in [0.1, 0.15) is 26.3 Å². The summed E-state index contributed by atoms with van der Waals surface area (Å²) < 4.78 is 2.26. The molecule has 0 unspecified atom stereocenters. The van der Waals surface area contributed by atoms with Crippen molar-refractivity contribution in [2.45, 2.75) is 6.92 Å². The molecule has 3 aromatic carbocycles. The fourth-order valence-electron chi connectivity index (χ4n) is 3.27. The van der Waals surface area contributed by atoms with Gasteiger partial charge in [0.05, 0.1) is 11.1 Å². The van der Waals surface area contributed by atoms with E-state index < -0.39 is 0 Å². The second kappa shape index (κ2) is 7.56. The van der Waals surface area contributed by atoms with Crippen molar-refractivity contribution in [2.24, 2.45) is 0 Å². The minimum Gasteiger partial charge on any atom is -0.384 e.